The van der Waals surface area contributed by atoms with Crippen molar-refractivity contribution in [3.05, 3.63) is 18.0 Å². The zero-order valence-electron chi connectivity index (χ0n) is 9.95. The van der Waals surface area contributed by atoms with Crippen LogP contribution >= 0.6 is 0 Å². The summed E-state index contributed by atoms with van der Waals surface area (Å²) in [5.41, 5.74) is 5.43. The minimum atomic E-state index is -0.363. The van der Waals surface area contributed by atoms with E-state index in [1.165, 1.54) is 6.42 Å². The van der Waals surface area contributed by atoms with Gasteiger partial charge in [0.25, 0.3) is 0 Å². The van der Waals surface area contributed by atoms with E-state index in [1.807, 2.05) is 0 Å². The highest BCUT2D eigenvalue weighted by Crippen LogP contribution is 2.35. The fourth-order valence-corrected chi connectivity index (χ4v) is 2.44. The molecule has 5 nitrogen and oxygen atoms in total. The summed E-state index contributed by atoms with van der Waals surface area (Å²) in [6.45, 7) is 0.815. The summed E-state index contributed by atoms with van der Waals surface area (Å²) >= 11 is 0. The molecule has 0 unspecified atom stereocenters. The fourth-order valence-electron chi connectivity index (χ4n) is 2.44. The summed E-state index contributed by atoms with van der Waals surface area (Å²) in [5, 5.41) is 6.49. The van der Waals surface area contributed by atoms with E-state index < -0.39 is 0 Å². The van der Waals surface area contributed by atoms with E-state index in [0.29, 0.717) is 18.8 Å². The summed E-state index contributed by atoms with van der Waals surface area (Å²) in [7, 11) is 0. The number of nitrogens with zero attached hydrogens (tertiary/aromatic N) is 1. The smallest absolute Gasteiger partial charge is 0.227 e. The second-order valence-electron chi connectivity index (χ2n) is 4.71. The average Bonchev–Trinajstić information content (AvgIpc) is 2.90. The van der Waals surface area contributed by atoms with Gasteiger partial charge < -0.3 is 15.6 Å². The number of nitrogens with two attached hydrogens (primary N) is 1. The van der Waals surface area contributed by atoms with E-state index in [0.717, 1.165) is 25.7 Å². The predicted molar refractivity (Wildman–Crippen MR) is 62.9 cm³/mol. The number of carbonyl (C=O) groups excluding carboxylic acids is 1. The molecule has 0 saturated heterocycles. The average molecular weight is 237 g/mol. The van der Waals surface area contributed by atoms with Crippen LogP contribution in [0.5, 0.6) is 0 Å². The fraction of sp³-hybridized carbons (Fsp3) is 0.667. The van der Waals surface area contributed by atoms with Gasteiger partial charge in [0.05, 0.1) is 18.2 Å². The lowest BCUT2D eigenvalue weighted by Crippen LogP contribution is -2.46. The van der Waals surface area contributed by atoms with Crippen LogP contribution in [0.2, 0.25) is 0 Å². The first-order valence-corrected chi connectivity index (χ1v) is 6.15. The summed E-state index contributed by atoms with van der Waals surface area (Å²) in [4.78, 5) is 12.2. The van der Waals surface area contributed by atoms with Crippen LogP contribution in [0.1, 0.15) is 37.9 Å². The first-order valence-electron chi connectivity index (χ1n) is 6.15. The molecule has 1 aliphatic carbocycles. The Morgan fingerprint density at radius 2 is 2.24 bits per heavy atom. The van der Waals surface area contributed by atoms with Crippen molar-refractivity contribution in [3.63, 3.8) is 0 Å². The van der Waals surface area contributed by atoms with Crippen molar-refractivity contribution in [3.8, 4) is 0 Å². The quantitative estimate of drug-likeness (QED) is 0.824. The first kappa shape index (κ1) is 12.1. The molecule has 0 aliphatic heterocycles. The van der Waals surface area contributed by atoms with Gasteiger partial charge in [-0.05, 0) is 12.8 Å². The van der Waals surface area contributed by atoms with E-state index >= 15 is 0 Å². The molecule has 5 heteroatoms. The third-order valence-electron chi connectivity index (χ3n) is 3.60. The maximum absolute atomic E-state index is 12.2. The van der Waals surface area contributed by atoms with Crippen LogP contribution in [-0.4, -0.2) is 17.6 Å². The number of nitrogens with one attached hydrogen (secondary N) is 1. The van der Waals surface area contributed by atoms with Gasteiger partial charge in [-0.25, -0.2) is 0 Å². The Morgan fingerprint density at radius 1 is 1.47 bits per heavy atom. The van der Waals surface area contributed by atoms with Crippen molar-refractivity contribution < 1.29 is 9.32 Å². The van der Waals surface area contributed by atoms with E-state index in [1.54, 1.807) is 12.3 Å². The van der Waals surface area contributed by atoms with E-state index in [2.05, 4.69) is 10.5 Å². The standard InChI is InChI=1S/C12H19N3O2/c13-9-12(5-2-1-3-6-12)11(16)14-8-10-4-7-15-17-10/h4,7H,1-3,5-6,8-9,13H2,(H,14,16). The Balaban J connectivity index is 1.93. The molecule has 0 atom stereocenters. The monoisotopic (exact) mass is 237 g/mol. The van der Waals surface area contributed by atoms with Crippen molar-refractivity contribution >= 4 is 5.91 Å². The summed E-state index contributed by atoms with van der Waals surface area (Å²) in [6, 6.07) is 1.75. The summed E-state index contributed by atoms with van der Waals surface area (Å²) in [6.07, 6.45) is 6.75. The molecule has 1 saturated carbocycles. The zero-order chi connectivity index (χ0) is 12.1. The second kappa shape index (κ2) is 5.31. The van der Waals surface area contributed by atoms with Crippen molar-refractivity contribution in [2.75, 3.05) is 6.54 Å². The Bertz CT molecular complexity index is 356. The molecule has 1 aliphatic rings. The number of aromatic nitrogens is 1. The molecule has 3 N–H and O–H groups in total. The zero-order valence-corrected chi connectivity index (χ0v) is 9.95. The van der Waals surface area contributed by atoms with Crippen LogP contribution in [0.25, 0.3) is 0 Å². The second-order valence-corrected chi connectivity index (χ2v) is 4.71. The van der Waals surface area contributed by atoms with Crippen molar-refractivity contribution in [2.24, 2.45) is 11.1 Å². The number of carbonyl (C=O) groups is 1. The van der Waals surface area contributed by atoms with Crippen LogP contribution in [0, 0.1) is 5.41 Å². The number of rotatable bonds is 4. The molecule has 0 aromatic carbocycles. The Hall–Kier alpha value is -1.36. The maximum atomic E-state index is 12.2. The van der Waals surface area contributed by atoms with Gasteiger partial charge in [0.15, 0.2) is 5.76 Å². The largest absolute Gasteiger partial charge is 0.360 e. The molecule has 1 amide bonds. The highest BCUT2D eigenvalue weighted by atomic mass is 16.5. The Kier molecular flexibility index (Phi) is 3.78. The molecule has 2 rings (SSSR count). The topological polar surface area (TPSA) is 81.2 Å². The Labute approximate surface area is 101 Å². The van der Waals surface area contributed by atoms with E-state index in [9.17, 15) is 4.79 Å². The molecule has 0 spiro atoms. The first-order chi connectivity index (χ1) is 8.27. The molecule has 94 valence electrons. The molecular formula is C12H19N3O2. The minimum Gasteiger partial charge on any atom is -0.360 e. The SMILES string of the molecule is NCC1(C(=O)NCc2ccno2)CCCCC1. The van der Waals surface area contributed by atoms with Crippen molar-refractivity contribution in [1.82, 2.24) is 10.5 Å². The highest BCUT2D eigenvalue weighted by Gasteiger charge is 2.37. The highest BCUT2D eigenvalue weighted by molar-refractivity contribution is 5.82. The van der Waals surface area contributed by atoms with Gasteiger partial charge >= 0.3 is 0 Å². The van der Waals surface area contributed by atoms with Crippen molar-refractivity contribution in [1.29, 1.82) is 0 Å². The predicted octanol–water partition coefficient (Wildman–Crippen LogP) is 1.20. The number of amides is 1. The van der Waals surface area contributed by atoms with Crippen LogP contribution in [0.3, 0.4) is 0 Å². The molecule has 0 radical (unpaired) electrons. The minimum absolute atomic E-state index is 0.0519. The third kappa shape index (κ3) is 2.66. The van der Waals surface area contributed by atoms with E-state index in [-0.39, 0.29) is 11.3 Å². The molecule has 17 heavy (non-hydrogen) atoms. The van der Waals surface area contributed by atoms with Crippen LogP contribution < -0.4 is 11.1 Å². The summed E-state index contributed by atoms with van der Waals surface area (Å²) in [5.74, 6) is 0.720. The van der Waals surface area contributed by atoms with Crippen LogP contribution in [0.15, 0.2) is 16.8 Å². The lowest BCUT2D eigenvalue weighted by atomic mass is 9.73. The van der Waals surface area contributed by atoms with E-state index in [4.69, 9.17) is 10.3 Å². The molecular weight excluding hydrogens is 218 g/mol. The lowest BCUT2D eigenvalue weighted by Gasteiger charge is -2.34. The van der Waals surface area contributed by atoms with Gasteiger partial charge in [-0.1, -0.05) is 24.4 Å². The third-order valence-corrected chi connectivity index (χ3v) is 3.60. The van der Waals surface area contributed by atoms with Gasteiger partial charge in [-0.2, -0.15) is 0 Å². The van der Waals surface area contributed by atoms with Gasteiger partial charge in [0.1, 0.15) is 0 Å². The molecule has 0 bridgehead atoms. The number of hydrogen-bond donors (Lipinski definition) is 2. The Morgan fingerprint density at radius 3 is 2.82 bits per heavy atom. The lowest BCUT2D eigenvalue weighted by molar-refractivity contribution is -0.132. The van der Waals surface area contributed by atoms with Crippen LogP contribution in [-0.2, 0) is 11.3 Å². The van der Waals surface area contributed by atoms with Crippen molar-refractivity contribution in [2.45, 2.75) is 38.6 Å². The molecule has 1 fully saturated rings. The van der Waals surface area contributed by atoms with Gasteiger partial charge in [0.2, 0.25) is 5.91 Å². The molecule has 1 aromatic heterocycles. The van der Waals surface area contributed by atoms with Gasteiger partial charge in [-0.15, -0.1) is 0 Å². The maximum Gasteiger partial charge on any atom is 0.227 e. The van der Waals surface area contributed by atoms with Crippen LogP contribution in [0.4, 0.5) is 0 Å². The molecule has 1 heterocycles. The van der Waals surface area contributed by atoms with Gasteiger partial charge in [-0.3, -0.25) is 4.79 Å². The molecule has 1 aromatic rings. The summed E-state index contributed by atoms with van der Waals surface area (Å²) < 4.78 is 4.94. The normalized spacial score (nSPS) is 18.9. The van der Waals surface area contributed by atoms with Gasteiger partial charge in [0, 0.05) is 12.6 Å². The number of hydrogen-bond acceptors (Lipinski definition) is 4.